The van der Waals surface area contributed by atoms with Crippen molar-refractivity contribution in [2.45, 2.75) is 50.7 Å². The Bertz CT molecular complexity index is 680. The van der Waals surface area contributed by atoms with E-state index in [9.17, 15) is 19.2 Å². The van der Waals surface area contributed by atoms with Gasteiger partial charge in [-0.1, -0.05) is 0 Å². The van der Waals surface area contributed by atoms with E-state index in [1.165, 1.54) is 13.3 Å². The van der Waals surface area contributed by atoms with Gasteiger partial charge in [-0.2, -0.15) is 0 Å². The molecule has 0 saturated heterocycles. The van der Waals surface area contributed by atoms with Gasteiger partial charge in [0.15, 0.2) is 0 Å². The number of unbranched alkanes of at least 4 members (excludes halogenated alkanes) is 1. The van der Waals surface area contributed by atoms with Crippen molar-refractivity contribution in [1.82, 2.24) is 25.9 Å². The lowest BCUT2D eigenvalue weighted by Gasteiger charge is -2.22. The SMILES string of the molecule is CC(NC(=O)C(CCCCN)NC(=O)C(N)Cc1cnc[nH]1)C(=O)NCC(=O)O. The number of carbonyl (C=O) groups is 4. The van der Waals surface area contributed by atoms with Crippen molar-refractivity contribution in [2.75, 3.05) is 13.1 Å². The number of imidazole rings is 1. The lowest BCUT2D eigenvalue weighted by molar-refractivity contribution is -0.138. The van der Waals surface area contributed by atoms with Crippen molar-refractivity contribution in [2.24, 2.45) is 11.5 Å². The van der Waals surface area contributed by atoms with Gasteiger partial charge in [0.2, 0.25) is 17.7 Å². The highest BCUT2D eigenvalue weighted by atomic mass is 16.4. The summed E-state index contributed by atoms with van der Waals surface area (Å²) in [6.07, 6.45) is 4.81. The summed E-state index contributed by atoms with van der Waals surface area (Å²) < 4.78 is 0. The van der Waals surface area contributed by atoms with Gasteiger partial charge in [-0.25, -0.2) is 4.98 Å². The van der Waals surface area contributed by atoms with Crippen LogP contribution in [0.1, 0.15) is 31.9 Å². The summed E-state index contributed by atoms with van der Waals surface area (Å²) in [6, 6.07) is -2.78. The largest absolute Gasteiger partial charge is 0.480 e. The second-order valence-electron chi connectivity index (χ2n) is 6.57. The molecular weight excluding hydrogens is 382 g/mol. The molecule has 162 valence electrons. The molecule has 3 unspecified atom stereocenters. The first-order valence-electron chi connectivity index (χ1n) is 9.27. The van der Waals surface area contributed by atoms with Crippen LogP contribution in [0.4, 0.5) is 0 Å². The second-order valence-corrected chi connectivity index (χ2v) is 6.57. The molecule has 3 atom stereocenters. The second kappa shape index (κ2) is 12.5. The maximum absolute atomic E-state index is 12.6. The first kappa shape index (κ1) is 24.0. The Balaban J connectivity index is 2.66. The molecule has 0 bridgehead atoms. The molecule has 0 radical (unpaired) electrons. The Morgan fingerprint density at radius 1 is 1.17 bits per heavy atom. The Labute approximate surface area is 168 Å². The highest BCUT2D eigenvalue weighted by molar-refractivity contribution is 5.93. The van der Waals surface area contributed by atoms with Crippen molar-refractivity contribution in [3.05, 3.63) is 18.2 Å². The van der Waals surface area contributed by atoms with Crippen LogP contribution in [-0.4, -0.2) is 70.0 Å². The first-order chi connectivity index (χ1) is 13.7. The van der Waals surface area contributed by atoms with Gasteiger partial charge < -0.3 is 37.5 Å². The number of aromatic nitrogens is 2. The van der Waals surface area contributed by atoms with Crippen LogP contribution >= 0.6 is 0 Å². The van der Waals surface area contributed by atoms with Crippen LogP contribution in [0, 0.1) is 0 Å². The fraction of sp³-hybridized carbons (Fsp3) is 0.588. The number of hydrogen-bond acceptors (Lipinski definition) is 7. The minimum atomic E-state index is -1.20. The van der Waals surface area contributed by atoms with Gasteiger partial charge in [-0.15, -0.1) is 0 Å². The zero-order valence-electron chi connectivity index (χ0n) is 16.3. The number of H-pyrrole nitrogens is 1. The van der Waals surface area contributed by atoms with E-state index in [1.807, 2.05) is 0 Å². The Morgan fingerprint density at radius 3 is 2.48 bits per heavy atom. The number of carbonyl (C=O) groups excluding carboxylic acids is 3. The number of nitrogens with zero attached hydrogens (tertiary/aromatic N) is 1. The summed E-state index contributed by atoms with van der Waals surface area (Å²) in [5, 5.41) is 15.9. The normalized spacial score (nSPS) is 13.8. The average Bonchev–Trinajstić information content (AvgIpc) is 3.17. The Kier molecular flexibility index (Phi) is 10.3. The molecule has 12 heteroatoms. The quantitative estimate of drug-likeness (QED) is 0.174. The number of aromatic amines is 1. The van der Waals surface area contributed by atoms with Crippen LogP contribution in [-0.2, 0) is 25.6 Å². The van der Waals surface area contributed by atoms with E-state index in [-0.39, 0.29) is 6.42 Å². The number of carboxylic acid groups (broad SMARTS) is 1. The van der Waals surface area contributed by atoms with Gasteiger partial charge in [-0.3, -0.25) is 19.2 Å². The third-order valence-corrected chi connectivity index (χ3v) is 4.08. The van der Waals surface area contributed by atoms with Crippen LogP contribution in [0.2, 0.25) is 0 Å². The van der Waals surface area contributed by atoms with Crippen LogP contribution in [0.3, 0.4) is 0 Å². The minimum Gasteiger partial charge on any atom is -0.480 e. The molecule has 12 nitrogen and oxygen atoms in total. The highest BCUT2D eigenvalue weighted by Crippen LogP contribution is 2.04. The summed E-state index contributed by atoms with van der Waals surface area (Å²) >= 11 is 0. The highest BCUT2D eigenvalue weighted by Gasteiger charge is 2.26. The van der Waals surface area contributed by atoms with E-state index < -0.39 is 48.4 Å². The van der Waals surface area contributed by atoms with Crippen molar-refractivity contribution in [3.8, 4) is 0 Å². The van der Waals surface area contributed by atoms with Crippen molar-refractivity contribution in [1.29, 1.82) is 0 Å². The lowest BCUT2D eigenvalue weighted by Crippen LogP contribution is -2.55. The predicted octanol–water partition coefficient (Wildman–Crippen LogP) is -2.40. The number of nitrogens with two attached hydrogens (primary N) is 2. The zero-order chi connectivity index (χ0) is 21.8. The molecule has 1 aromatic heterocycles. The molecule has 9 N–H and O–H groups in total. The number of rotatable bonds is 13. The van der Waals surface area contributed by atoms with Crippen molar-refractivity contribution < 1.29 is 24.3 Å². The van der Waals surface area contributed by atoms with Gasteiger partial charge in [0.25, 0.3) is 0 Å². The molecule has 29 heavy (non-hydrogen) atoms. The molecular formula is C17H29N7O5. The van der Waals surface area contributed by atoms with Crippen LogP contribution in [0.5, 0.6) is 0 Å². The number of nitrogens with one attached hydrogen (secondary N) is 4. The average molecular weight is 411 g/mol. The van der Waals surface area contributed by atoms with E-state index in [0.29, 0.717) is 31.5 Å². The molecule has 3 amide bonds. The third-order valence-electron chi connectivity index (χ3n) is 4.08. The maximum Gasteiger partial charge on any atom is 0.322 e. The van der Waals surface area contributed by atoms with Crippen LogP contribution in [0.25, 0.3) is 0 Å². The summed E-state index contributed by atoms with van der Waals surface area (Å²) in [5.74, 6) is -2.93. The first-order valence-corrected chi connectivity index (χ1v) is 9.27. The summed E-state index contributed by atoms with van der Waals surface area (Å²) in [5.41, 5.74) is 12.1. The molecule has 0 spiro atoms. The maximum atomic E-state index is 12.6. The van der Waals surface area contributed by atoms with E-state index in [2.05, 4.69) is 25.9 Å². The molecule has 1 heterocycles. The van der Waals surface area contributed by atoms with E-state index in [4.69, 9.17) is 16.6 Å². The van der Waals surface area contributed by atoms with Gasteiger partial charge in [0.05, 0.1) is 12.4 Å². The van der Waals surface area contributed by atoms with Gasteiger partial charge in [-0.05, 0) is 32.7 Å². The fourth-order valence-electron chi connectivity index (χ4n) is 2.46. The van der Waals surface area contributed by atoms with Crippen molar-refractivity contribution in [3.63, 3.8) is 0 Å². The number of carboxylic acids is 1. The lowest BCUT2D eigenvalue weighted by atomic mass is 10.1. The molecule has 0 aliphatic rings. The molecule has 1 aromatic rings. The Hall–Kier alpha value is -2.99. The third kappa shape index (κ3) is 9.17. The fourth-order valence-corrected chi connectivity index (χ4v) is 2.46. The number of hydrogen-bond donors (Lipinski definition) is 7. The van der Waals surface area contributed by atoms with E-state index >= 15 is 0 Å². The summed E-state index contributed by atoms with van der Waals surface area (Å²) in [7, 11) is 0. The van der Waals surface area contributed by atoms with Gasteiger partial charge in [0.1, 0.15) is 18.6 Å². The van der Waals surface area contributed by atoms with Gasteiger partial charge in [0, 0.05) is 18.3 Å². The number of aliphatic carboxylic acids is 1. The van der Waals surface area contributed by atoms with Crippen molar-refractivity contribution >= 4 is 23.7 Å². The molecule has 0 aliphatic heterocycles. The smallest absolute Gasteiger partial charge is 0.322 e. The van der Waals surface area contributed by atoms with Crippen LogP contribution in [0.15, 0.2) is 12.5 Å². The zero-order valence-corrected chi connectivity index (χ0v) is 16.3. The predicted molar refractivity (Wildman–Crippen MR) is 103 cm³/mol. The van der Waals surface area contributed by atoms with E-state index in [0.717, 1.165) is 0 Å². The van der Waals surface area contributed by atoms with Crippen LogP contribution < -0.4 is 27.4 Å². The molecule has 1 rings (SSSR count). The minimum absolute atomic E-state index is 0.219. The Morgan fingerprint density at radius 2 is 1.90 bits per heavy atom. The standard InChI is InChI=1S/C17H29N7O5/c1-10(15(27)21-8-14(25)26)23-17(29)13(4-2-3-5-18)24-16(28)12(19)6-11-7-20-9-22-11/h7,9-10,12-13H,2-6,8,18-19H2,1H3,(H,20,22)(H,21,27)(H,23,29)(H,24,28)(H,25,26). The molecule has 0 saturated carbocycles. The monoisotopic (exact) mass is 411 g/mol. The summed E-state index contributed by atoms with van der Waals surface area (Å²) in [4.78, 5) is 54.0. The van der Waals surface area contributed by atoms with E-state index in [1.54, 1.807) is 6.20 Å². The number of amides is 3. The van der Waals surface area contributed by atoms with Gasteiger partial charge >= 0.3 is 5.97 Å². The molecule has 0 aromatic carbocycles. The molecule has 0 fully saturated rings. The summed E-state index contributed by atoms with van der Waals surface area (Å²) in [6.45, 7) is 1.30. The molecule has 0 aliphatic carbocycles. The topological polar surface area (TPSA) is 205 Å².